The molecule has 1 aliphatic heterocycles. The number of phenolic OH excluding ortho intramolecular Hbond substituents is 1. The van der Waals surface area contributed by atoms with Gasteiger partial charge in [-0.25, -0.2) is 0 Å². The fourth-order valence-electron chi connectivity index (χ4n) is 4.59. The highest BCUT2D eigenvalue weighted by atomic mass is 35.5. The van der Waals surface area contributed by atoms with Gasteiger partial charge in [-0.05, 0) is 80.6 Å². The standard InChI is InChI=1S/C24H29ClN2O4/c1-3-31-22-12-16(4-6-20(22)28)15-27-10-8-24(9-11-27)14-18(24)23(29)26-17-5-7-21(30-2)19(25)13-17/h4-7,12-13,18,28H,3,8-11,14-15H2,1-2H3,(H,26,29). The predicted octanol–water partition coefficient (Wildman–Crippen LogP) is 4.69. The Balaban J connectivity index is 1.30. The fourth-order valence-corrected chi connectivity index (χ4v) is 4.84. The summed E-state index contributed by atoms with van der Waals surface area (Å²) in [5, 5.41) is 13.4. The number of carbonyl (C=O) groups excluding carboxylic acids is 1. The van der Waals surface area contributed by atoms with E-state index in [0.717, 1.165) is 44.5 Å². The number of phenols is 1. The SMILES string of the molecule is CCOc1cc(CN2CCC3(CC2)CC3C(=O)Nc2ccc(OC)c(Cl)c2)ccc1O. The minimum absolute atomic E-state index is 0.0637. The summed E-state index contributed by atoms with van der Waals surface area (Å²) in [5.41, 5.74) is 1.95. The lowest BCUT2D eigenvalue weighted by Gasteiger charge is -2.33. The molecule has 1 atom stereocenters. The first-order valence-electron chi connectivity index (χ1n) is 10.8. The molecule has 1 saturated carbocycles. The van der Waals surface area contributed by atoms with E-state index in [4.69, 9.17) is 21.1 Å². The third-order valence-electron chi connectivity index (χ3n) is 6.51. The van der Waals surface area contributed by atoms with Crippen LogP contribution in [0, 0.1) is 11.3 Å². The number of likely N-dealkylation sites (tertiary alicyclic amines) is 1. The third kappa shape index (κ3) is 4.75. The van der Waals surface area contributed by atoms with E-state index in [1.165, 1.54) is 0 Å². The smallest absolute Gasteiger partial charge is 0.228 e. The average molecular weight is 445 g/mol. The molecule has 0 aromatic heterocycles. The van der Waals surface area contributed by atoms with Crippen LogP contribution in [0.25, 0.3) is 0 Å². The molecule has 0 bridgehead atoms. The van der Waals surface area contributed by atoms with Crippen molar-refractivity contribution in [2.75, 3.05) is 32.1 Å². The summed E-state index contributed by atoms with van der Waals surface area (Å²) >= 11 is 6.17. The minimum atomic E-state index is 0.0637. The first-order valence-corrected chi connectivity index (χ1v) is 11.1. The van der Waals surface area contributed by atoms with Crippen molar-refractivity contribution < 1.29 is 19.4 Å². The molecule has 7 heteroatoms. The molecule has 4 rings (SSSR count). The van der Waals surface area contributed by atoms with E-state index < -0.39 is 0 Å². The molecule has 31 heavy (non-hydrogen) atoms. The first-order chi connectivity index (χ1) is 14.9. The zero-order valence-electron chi connectivity index (χ0n) is 18.0. The second kappa shape index (κ2) is 8.97. The van der Waals surface area contributed by atoms with Crippen LogP contribution in [-0.2, 0) is 11.3 Å². The molecule has 1 heterocycles. The molecule has 2 N–H and O–H groups in total. The van der Waals surface area contributed by atoms with Gasteiger partial charge in [0.05, 0.1) is 18.7 Å². The van der Waals surface area contributed by atoms with Crippen LogP contribution in [0.1, 0.15) is 31.7 Å². The highest BCUT2D eigenvalue weighted by molar-refractivity contribution is 6.32. The lowest BCUT2D eigenvalue weighted by molar-refractivity contribution is -0.118. The molecule has 2 aromatic rings. The van der Waals surface area contributed by atoms with Gasteiger partial charge >= 0.3 is 0 Å². The van der Waals surface area contributed by atoms with Gasteiger partial charge < -0.3 is 19.9 Å². The van der Waals surface area contributed by atoms with Crippen molar-refractivity contribution in [2.24, 2.45) is 11.3 Å². The van der Waals surface area contributed by atoms with Crippen LogP contribution in [0.15, 0.2) is 36.4 Å². The topological polar surface area (TPSA) is 71.0 Å². The summed E-state index contributed by atoms with van der Waals surface area (Å²) < 4.78 is 10.7. The van der Waals surface area contributed by atoms with E-state index in [0.29, 0.717) is 28.8 Å². The van der Waals surface area contributed by atoms with Gasteiger partial charge in [0.25, 0.3) is 0 Å². The maximum absolute atomic E-state index is 12.8. The lowest BCUT2D eigenvalue weighted by atomic mass is 9.90. The van der Waals surface area contributed by atoms with E-state index in [2.05, 4.69) is 10.2 Å². The lowest BCUT2D eigenvalue weighted by Crippen LogP contribution is -2.35. The number of nitrogens with one attached hydrogen (secondary N) is 1. The average Bonchev–Trinajstić information content (AvgIpc) is 3.46. The molecule has 1 spiro atoms. The number of methoxy groups -OCH3 is 1. The van der Waals surface area contributed by atoms with Crippen molar-refractivity contribution in [3.05, 3.63) is 47.0 Å². The van der Waals surface area contributed by atoms with Crippen molar-refractivity contribution >= 4 is 23.2 Å². The number of amides is 1. The number of halogens is 1. The quantitative estimate of drug-likeness (QED) is 0.648. The van der Waals surface area contributed by atoms with E-state index >= 15 is 0 Å². The van der Waals surface area contributed by atoms with Crippen molar-refractivity contribution in [2.45, 2.75) is 32.7 Å². The van der Waals surface area contributed by atoms with Crippen molar-refractivity contribution in [1.29, 1.82) is 0 Å². The van der Waals surface area contributed by atoms with Crippen LogP contribution in [0.5, 0.6) is 17.2 Å². The van der Waals surface area contributed by atoms with Gasteiger partial charge in [0, 0.05) is 18.2 Å². The Kier molecular flexibility index (Phi) is 6.30. The largest absolute Gasteiger partial charge is 0.504 e. The number of ether oxygens (including phenoxy) is 2. The molecule has 166 valence electrons. The number of piperidine rings is 1. The normalized spacial score (nSPS) is 19.8. The van der Waals surface area contributed by atoms with Crippen LogP contribution in [0.3, 0.4) is 0 Å². The molecule has 2 aliphatic rings. The number of carbonyl (C=O) groups is 1. The van der Waals surface area contributed by atoms with Crippen LogP contribution in [-0.4, -0.2) is 42.7 Å². The Labute approximate surface area is 188 Å². The predicted molar refractivity (Wildman–Crippen MR) is 121 cm³/mol. The molecule has 1 saturated heterocycles. The molecule has 2 fully saturated rings. The molecular weight excluding hydrogens is 416 g/mol. The Morgan fingerprint density at radius 1 is 1.23 bits per heavy atom. The summed E-state index contributed by atoms with van der Waals surface area (Å²) in [5.74, 6) is 1.44. The number of benzene rings is 2. The Morgan fingerprint density at radius 2 is 2.00 bits per heavy atom. The summed E-state index contributed by atoms with van der Waals surface area (Å²) in [4.78, 5) is 15.2. The van der Waals surface area contributed by atoms with E-state index in [1.54, 1.807) is 25.3 Å². The van der Waals surface area contributed by atoms with Crippen molar-refractivity contribution in [3.63, 3.8) is 0 Å². The van der Waals surface area contributed by atoms with Gasteiger partial charge in [0.15, 0.2) is 11.5 Å². The highest BCUT2D eigenvalue weighted by Gasteiger charge is 2.58. The number of hydrogen-bond donors (Lipinski definition) is 2. The van der Waals surface area contributed by atoms with Crippen LogP contribution >= 0.6 is 11.6 Å². The molecule has 1 aliphatic carbocycles. The van der Waals surface area contributed by atoms with Crippen LogP contribution in [0.2, 0.25) is 5.02 Å². The Hall–Kier alpha value is -2.44. The van der Waals surface area contributed by atoms with Gasteiger partial charge in [0.1, 0.15) is 5.75 Å². The second-order valence-electron chi connectivity index (χ2n) is 8.47. The summed E-state index contributed by atoms with van der Waals surface area (Å²) in [7, 11) is 1.57. The van der Waals surface area contributed by atoms with E-state index in [-0.39, 0.29) is 23.0 Å². The zero-order valence-corrected chi connectivity index (χ0v) is 18.7. The maximum atomic E-state index is 12.8. The number of rotatable bonds is 7. The van der Waals surface area contributed by atoms with Gasteiger partial charge in [0.2, 0.25) is 5.91 Å². The zero-order chi connectivity index (χ0) is 22.0. The van der Waals surface area contributed by atoms with Gasteiger partial charge in [-0.1, -0.05) is 17.7 Å². The molecule has 6 nitrogen and oxygen atoms in total. The second-order valence-corrected chi connectivity index (χ2v) is 8.88. The van der Waals surface area contributed by atoms with E-state index in [9.17, 15) is 9.90 Å². The van der Waals surface area contributed by atoms with Gasteiger partial charge in [-0.2, -0.15) is 0 Å². The Bertz CT molecular complexity index is 957. The van der Waals surface area contributed by atoms with Gasteiger partial charge in [-0.15, -0.1) is 0 Å². The third-order valence-corrected chi connectivity index (χ3v) is 6.80. The molecule has 2 aromatic carbocycles. The first kappa shape index (κ1) is 21.8. The summed E-state index contributed by atoms with van der Waals surface area (Å²) in [6.07, 6.45) is 2.99. The van der Waals surface area contributed by atoms with E-state index in [1.807, 2.05) is 25.1 Å². The van der Waals surface area contributed by atoms with Gasteiger partial charge in [-0.3, -0.25) is 9.69 Å². The summed E-state index contributed by atoms with van der Waals surface area (Å²) in [6.45, 7) is 5.17. The summed E-state index contributed by atoms with van der Waals surface area (Å²) in [6, 6.07) is 10.8. The molecular formula is C24H29ClN2O4. The number of anilines is 1. The number of hydrogen-bond acceptors (Lipinski definition) is 5. The number of nitrogens with zero attached hydrogens (tertiary/aromatic N) is 1. The molecule has 1 amide bonds. The number of aromatic hydroxyl groups is 1. The fraction of sp³-hybridized carbons (Fsp3) is 0.458. The van der Waals surface area contributed by atoms with Crippen molar-refractivity contribution in [3.8, 4) is 17.2 Å². The molecule has 0 radical (unpaired) electrons. The monoisotopic (exact) mass is 444 g/mol. The minimum Gasteiger partial charge on any atom is -0.504 e. The van der Waals surface area contributed by atoms with Crippen molar-refractivity contribution in [1.82, 2.24) is 4.90 Å². The van der Waals surface area contributed by atoms with Crippen LogP contribution < -0.4 is 14.8 Å². The van der Waals surface area contributed by atoms with Crippen LogP contribution in [0.4, 0.5) is 5.69 Å². The highest BCUT2D eigenvalue weighted by Crippen LogP contribution is 2.59. The Morgan fingerprint density at radius 3 is 2.68 bits per heavy atom. The molecule has 1 unspecified atom stereocenters. The maximum Gasteiger partial charge on any atom is 0.228 e.